The molecule has 1 aromatic carbocycles. The van der Waals surface area contributed by atoms with Gasteiger partial charge in [0.05, 0.1) is 0 Å². The van der Waals surface area contributed by atoms with Gasteiger partial charge >= 0.3 is 0 Å². The van der Waals surface area contributed by atoms with Crippen molar-refractivity contribution in [2.45, 2.75) is 20.3 Å². The number of nitrogens with zero attached hydrogens (tertiary/aromatic N) is 2. The maximum Gasteiger partial charge on any atom is 0.223 e. The van der Waals surface area contributed by atoms with Crippen molar-refractivity contribution < 1.29 is 8.81 Å². The van der Waals surface area contributed by atoms with E-state index < -0.39 is 0 Å². The minimum absolute atomic E-state index is 0.256. The first-order valence-corrected chi connectivity index (χ1v) is 6.95. The number of aryl methyl sites for hydroxylation is 1. The van der Waals surface area contributed by atoms with Crippen molar-refractivity contribution in [3.63, 3.8) is 0 Å². The highest BCUT2D eigenvalue weighted by Crippen LogP contribution is 2.28. The summed E-state index contributed by atoms with van der Waals surface area (Å²) in [6, 6.07) is 8.48. The third-order valence-electron chi connectivity index (χ3n) is 3.14. The molecule has 0 radical (unpaired) electrons. The molecule has 3 aromatic rings. The lowest BCUT2D eigenvalue weighted by atomic mass is 10.2. The summed E-state index contributed by atoms with van der Waals surface area (Å²) in [5.74, 6) is 0.738. The van der Waals surface area contributed by atoms with E-state index in [0.29, 0.717) is 17.4 Å². The van der Waals surface area contributed by atoms with Crippen LogP contribution >= 0.6 is 0 Å². The van der Waals surface area contributed by atoms with Gasteiger partial charge < -0.3 is 9.73 Å². The summed E-state index contributed by atoms with van der Waals surface area (Å²) in [6.07, 6.45) is 0.989. The molecule has 0 aliphatic rings. The van der Waals surface area contributed by atoms with Crippen LogP contribution in [0.3, 0.4) is 0 Å². The van der Waals surface area contributed by atoms with Crippen LogP contribution in [0.1, 0.15) is 19.0 Å². The van der Waals surface area contributed by atoms with Gasteiger partial charge in [0.15, 0.2) is 17.2 Å². The Bertz CT molecular complexity index is 782. The number of hydrogen-bond donors (Lipinski definition) is 1. The fourth-order valence-corrected chi connectivity index (χ4v) is 2.16. The Morgan fingerprint density at radius 3 is 2.86 bits per heavy atom. The molecule has 0 amide bonds. The zero-order chi connectivity index (χ0) is 14.8. The van der Waals surface area contributed by atoms with Crippen LogP contribution in [0, 0.1) is 12.7 Å². The first kappa shape index (κ1) is 13.5. The monoisotopic (exact) mass is 285 g/mol. The zero-order valence-corrected chi connectivity index (χ0v) is 12.0. The average Bonchev–Trinajstić information content (AvgIpc) is 2.90. The van der Waals surface area contributed by atoms with Crippen LogP contribution in [-0.4, -0.2) is 16.5 Å². The van der Waals surface area contributed by atoms with Crippen molar-refractivity contribution in [2.24, 2.45) is 0 Å². The topological polar surface area (TPSA) is 51.0 Å². The van der Waals surface area contributed by atoms with Crippen LogP contribution in [-0.2, 0) is 0 Å². The van der Waals surface area contributed by atoms with E-state index in [1.165, 1.54) is 6.07 Å². The maximum atomic E-state index is 13.7. The molecule has 108 valence electrons. The van der Waals surface area contributed by atoms with Crippen LogP contribution < -0.4 is 5.32 Å². The third-order valence-corrected chi connectivity index (χ3v) is 3.14. The van der Waals surface area contributed by atoms with Gasteiger partial charge in [-0.1, -0.05) is 19.1 Å². The minimum Gasteiger partial charge on any atom is -0.451 e. The molecule has 0 unspecified atom stereocenters. The Kier molecular flexibility index (Phi) is 3.56. The number of aromatic nitrogens is 2. The summed E-state index contributed by atoms with van der Waals surface area (Å²) in [6.45, 7) is 4.77. The Morgan fingerprint density at radius 2 is 2.10 bits per heavy atom. The predicted molar refractivity (Wildman–Crippen MR) is 80.7 cm³/mol. The van der Waals surface area contributed by atoms with Gasteiger partial charge in [-0.3, -0.25) is 0 Å². The fraction of sp³-hybridized carbons (Fsp3) is 0.250. The second kappa shape index (κ2) is 5.52. The third kappa shape index (κ3) is 2.72. The van der Waals surface area contributed by atoms with Gasteiger partial charge in [-0.05, 0) is 31.5 Å². The number of hydrogen-bond acceptors (Lipinski definition) is 4. The Labute approximate surface area is 122 Å². The smallest absolute Gasteiger partial charge is 0.223 e. The van der Waals surface area contributed by atoms with Crippen molar-refractivity contribution in [1.82, 2.24) is 9.97 Å². The molecular weight excluding hydrogens is 269 g/mol. The first-order chi connectivity index (χ1) is 10.2. The van der Waals surface area contributed by atoms with E-state index in [-0.39, 0.29) is 11.4 Å². The summed E-state index contributed by atoms with van der Waals surface area (Å²) in [5, 5.41) is 3.88. The van der Waals surface area contributed by atoms with Gasteiger partial charge in [0.1, 0.15) is 5.69 Å². The number of fused-ring (bicyclic) bond motifs is 1. The van der Waals surface area contributed by atoms with Crippen LogP contribution in [0.2, 0.25) is 0 Å². The molecule has 21 heavy (non-hydrogen) atoms. The van der Waals surface area contributed by atoms with Crippen molar-refractivity contribution in [2.75, 3.05) is 11.9 Å². The molecule has 3 rings (SSSR count). The number of halogens is 1. The summed E-state index contributed by atoms with van der Waals surface area (Å²) < 4.78 is 19.3. The standard InChI is InChI=1S/C16H16FN3O/c1-3-7-18-16-19-10(2)8-13(20-16)14-9-11-5-4-6-12(17)15(11)21-14/h4-6,8-9H,3,7H2,1-2H3,(H,18,19,20). The molecule has 4 nitrogen and oxygen atoms in total. The van der Waals surface area contributed by atoms with E-state index in [4.69, 9.17) is 4.42 Å². The molecule has 1 N–H and O–H groups in total. The molecular formula is C16H16FN3O. The number of anilines is 1. The fourth-order valence-electron chi connectivity index (χ4n) is 2.16. The highest BCUT2D eigenvalue weighted by Gasteiger charge is 2.12. The Hall–Kier alpha value is -2.43. The molecule has 0 aliphatic heterocycles. The Balaban J connectivity index is 2.05. The normalized spacial score (nSPS) is 11.0. The molecule has 0 fully saturated rings. The summed E-state index contributed by atoms with van der Waals surface area (Å²) >= 11 is 0. The van der Waals surface area contributed by atoms with Gasteiger partial charge in [0.25, 0.3) is 0 Å². The van der Waals surface area contributed by atoms with E-state index in [2.05, 4.69) is 22.2 Å². The number of furan rings is 1. The van der Waals surface area contributed by atoms with E-state index in [1.807, 2.05) is 19.1 Å². The molecule has 0 aliphatic carbocycles. The zero-order valence-electron chi connectivity index (χ0n) is 12.0. The summed E-state index contributed by atoms with van der Waals surface area (Å²) in [5.41, 5.74) is 1.74. The van der Waals surface area contributed by atoms with Gasteiger partial charge in [-0.2, -0.15) is 0 Å². The second-order valence-electron chi connectivity index (χ2n) is 4.91. The maximum absolute atomic E-state index is 13.7. The molecule has 0 atom stereocenters. The highest BCUT2D eigenvalue weighted by atomic mass is 19.1. The summed E-state index contributed by atoms with van der Waals surface area (Å²) in [4.78, 5) is 8.76. The van der Waals surface area contributed by atoms with Crippen molar-refractivity contribution in [3.8, 4) is 11.5 Å². The number of para-hydroxylation sites is 1. The van der Waals surface area contributed by atoms with E-state index in [0.717, 1.165) is 24.0 Å². The molecule has 0 spiro atoms. The molecule has 0 saturated carbocycles. The quantitative estimate of drug-likeness (QED) is 0.782. The van der Waals surface area contributed by atoms with Gasteiger partial charge in [0.2, 0.25) is 5.95 Å². The van der Waals surface area contributed by atoms with Crippen molar-refractivity contribution in [1.29, 1.82) is 0 Å². The SMILES string of the molecule is CCCNc1nc(C)cc(-c2cc3cccc(F)c3o2)n1. The lowest BCUT2D eigenvalue weighted by Crippen LogP contribution is -2.05. The van der Waals surface area contributed by atoms with E-state index >= 15 is 0 Å². The van der Waals surface area contributed by atoms with E-state index in [9.17, 15) is 4.39 Å². The average molecular weight is 285 g/mol. The number of rotatable bonds is 4. The van der Waals surface area contributed by atoms with Crippen LogP contribution in [0.25, 0.3) is 22.4 Å². The highest BCUT2D eigenvalue weighted by molar-refractivity contribution is 5.82. The van der Waals surface area contributed by atoms with Crippen LogP contribution in [0.15, 0.2) is 34.7 Å². The second-order valence-corrected chi connectivity index (χ2v) is 4.91. The van der Waals surface area contributed by atoms with Crippen LogP contribution in [0.4, 0.5) is 10.3 Å². The largest absolute Gasteiger partial charge is 0.451 e. The van der Waals surface area contributed by atoms with Crippen molar-refractivity contribution >= 4 is 16.9 Å². The van der Waals surface area contributed by atoms with E-state index in [1.54, 1.807) is 12.1 Å². The van der Waals surface area contributed by atoms with Gasteiger partial charge in [-0.25, -0.2) is 14.4 Å². The molecule has 2 aromatic heterocycles. The summed E-state index contributed by atoms with van der Waals surface area (Å²) in [7, 11) is 0. The number of nitrogens with one attached hydrogen (secondary N) is 1. The molecule has 5 heteroatoms. The molecule has 0 bridgehead atoms. The lowest BCUT2D eigenvalue weighted by Gasteiger charge is -2.05. The Morgan fingerprint density at radius 1 is 1.24 bits per heavy atom. The predicted octanol–water partition coefficient (Wildman–Crippen LogP) is 4.16. The molecule has 0 saturated heterocycles. The van der Waals surface area contributed by atoms with Crippen LogP contribution in [0.5, 0.6) is 0 Å². The molecule has 2 heterocycles. The van der Waals surface area contributed by atoms with Gasteiger partial charge in [0, 0.05) is 17.6 Å². The minimum atomic E-state index is -0.367. The lowest BCUT2D eigenvalue weighted by molar-refractivity contribution is 0.567. The number of benzene rings is 1. The van der Waals surface area contributed by atoms with Crippen molar-refractivity contribution in [3.05, 3.63) is 41.8 Å². The van der Waals surface area contributed by atoms with Gasteiger partial charge in [-0.15, -0.1) is 0 Å². The first-order valence-electron chi connectivity index (χ1n) is 6.95.